The highest BCUT2D eigenvalue weighted by Gasteiger charge is 2.36. The molecule has 0 amide bonds. The van der Waals surface area contributed by atoms with Gasteiger partial charge in [0.15, 0.2) is 0 Å². The molecule has 12 heteroatoms. The lowest BCUT2D eigenvalue weighted by Gasteiger charge is -2.27. The molecular formula is C24H40N2O8S2. The lowest BCUT2D eigenvalue weighted by Crippen LogP contribution is -2.40. The highest BCUT2D eigenvalue weighted by molar-refractivity contribution is 7.84. The van der Waals surface area contributed by atoms with Crippen LogP contribution in [0.3, 0.4) is 0 Å². The number of hydrogen-bond acceptors (Lipinski definition) is 8. The van der Waals surface area contributed by atoms with E-state index in [4.69, 9.17) is 18.9 Å². The molecule has 0 saturated carbocycles. The smallest absolute Gasteiger partial charge is 0.328 e. The lowest BCUT2D eigenvalue weighted by atomic mass is 9.98. The van der Waals surface area contributed by atoms with Gasteiger partial charge in [-0.2, -0.15) is 0 Å². The van der Waals surface area contributed by atoms with Gasteiger partial charge in [-0.25, -0.2) is 27.5 Å². The number of carbonyl (C=O) groups is 2. The molecule has 10 nitrogen and oxygen atoms in total. The predicted molar refractivity (Wildman–Crippen MR) is 140 cm³/mol. The van der Waals surface area contributed by atoms with Gasteiger partial charge in [-0.05, 0) is 61.5 Å². The quantitative estimate of drug-likeness (QED) is 0.382. The molecule has 0 aliphatic heterocycles. The fourth-order valence-electron chi connectivity index (χ4n) is 2.90. The summed E-state index contributed by atoms with van der Waals surface area (Å²) in [4.78, 5) is 26.0. The van der Waals surface area contributed by atoms with E-state index in [1.165, 1.54) is 26.4 Å². The normalized spacial score (nSPS) is 15.4. The van der Waals surface area contributed by atoms with Gasteiger partial charge >= 0.3 is 11.9 Å². The van der Waals surface area contributed by atoms with E-state index >= 15 is 0 Å². The van der Waals surface area contributed by atoms with E-state index in [-0.39, 0.29) is 35.8 Å². The molecule has 4 atom stereocenters. The number of benzene rings is 1. The van der Waals surface area contributed by atoms with E-state index in [0.29, 0.717) is 0 Å². The fourth-order valence-corrected chi connectivity index (χ4v) is 4.48. The Kier molecular flexibility index (Phi) is 12.0. The van der Waals surface area contributed by atoms with Gasteiger partial charge in [-0.15, -0.1) is 0 Å². The van der Waals surface area contributed by atoms with Gasteiger partial charge in [0.25, 0.3) is 0 Å². The Bertz CT molecular complexity index is 897. The molecule has 1 aromatic carbocycles. The molecule has 0 bridgehead atoms. The number of nitrogens with one attached hydrogen (secondary N) is 2. The SMILES string of the molecule is CCOC(=O)[C@H](N[S@](=O)C(C)(C)C)c1cc([C@@H](N[S@](=O)C(C)(C)C)C(=O)OCC)c(OC)cc1OC. The van der Waals surface area contributed by atoms with Gasteiger partial charge in [0.1, 0.15) is 23.6 Å². The summed E-state index contributed by atoms with van der Waals surface area (Å²) in [6.07, 6.45) is 0. The molecule has 206 valence electrons. The second kappa shape index (κ2) is 13.5. The summed E-state index contributed by atoms with van der Waals surface area (Å²) >= 11 is 0. The van der Waals surface area contributed by atoms with Crippen molar-refractivity contribution in [1.29, 1.82) is 0 Å². The van der Waals surface area contributed by atoms with Crippen molar-refractivity contribution in [3.05, 3.63) is 23.3 Å². The molecule has 0 heterocycles. The first-order chi connectivity index (χ1) is 16.6. The highest BCUT2D eigenvalue weighted by atomic mass is 32.2. The molecular weight excluding hydrogens is 508 g/mol. The maximum atomic E-state index is 13.0. The molecule has 1 aromatic rings. The van der Waals surface area contributed by atoms with Crippen molar-refractivity contribution in [2.45, 2.75) is 77.0 Å². The van der Waals surface area contributed by atoms with Crippen molar-refractivity contribution >= 4 is 33.9 Å². The van der Waals surface area contributed by atoms with Crippen molar-refractivity contribution < 1.29 is 37.0 Å². The van der Waals surface area contributed by atoms with Crippen LogP contribution in [0.25, 0.3) is 0 Å². The minimum absolute atomic E-state index is 0.0993. The maximum Gasteiger partial charge on any atom is 0.328 e. The molecule has 1 rings (SSSR count). The van der Waals surface area contributed by atoms with Crippen LogP contribution >= 0.6 is 0 Å². The number of methoxy groups -OCH3 is 2. The van der Waals surface area contributed by atoms with Crippen LogP contribution < -0.4 is 18.9 Å². The summed E-state index contributed by atoms with van der Waals surface area (Å²) in [5, 5.41) is 0. The highest BCUT2D eigenvalue weighted by Crippen LogP contribution is 2.38. The van der Waals surface area contributed by atoms with E-state index in [0.717, 1.165) is 0 Å². The van der Waals surface area contributed by atoms with Crippen LogP contribution in [-0.2, 0) is 41.0 Å². The third-order valence-corrected chi connectivity index (χ3v) is 7.94. The Hall–Kier alpha value is -2.02. The number of carbonyl (C=O) groups excluding carboxylic acids is 2. The maximum absolute atomic E-state index is 13.0. The third-order valence-electron chi connectivity index (χ3n) is 4.81. The van der Waals surface area contributed by atoms with E-state index in [1.807, 2.05) is 0 Å². The average Bonchev–Trinajstić information content (AvgIpc) is 2.78. The molecule has 0 fully saturated rings. The topological polar surface area (TPSA) is 129 Å². The largest absolute Gasteiger partial charge is 0.496 e. The zero-order valence-corrected chi connectivity index (χ0v) is 24.4. The van der Waals surface area contributed by atoms with Crippen LogP contribution in [0.5, 0.6) is 11.5 Å². The summed E-state index contributed by atoms with van der Waals surface area (Å²) < 4.78 is 51.7. The second-order valence-corrected chi connectivity index (χ2v) is 13.7. The van der Waals surface area contributed by atoms with Crippen molar-refractivity contribution in [3.8, 4) is 11.5 Å². The zero-order valence-electron chi connectivity index (χ0n) is 22.8. The van der Waals surface area contributed by atoms with Crippen molar-refractivity contribution in [2.24, 2.45) is 0 Å². The first-order valence-corrected chi connectivity index (χ1v) is 13.9. The van der Waals surface area contributed by atoms with Crippen LogP contribution in [0.1, 0.15) is 78.6 Å². The van der Waals surface area contributed by atoms with Gasteiger partial charge in [0, 0.05) is 17.2 Å². The van der Waals surface area contributed by atoms with Crippen molar-refractivity contribution in [3.63, 3.8) is 0 Å². The second-order valence-electron chi connectivity index (χ2n) is 9.70. The van der Waals surface area contributed by atoms with Crippen LogP contribution in [0, 0.1) is 0 Å². The molecule has 0 aliphatic rings. The van der Waals surface area contributed by atoms with Gasteiger partial charge in [-0.1, -0.05) is 0 Å². The van der Waals surface area contributed by atoms with Crippen LogP contribution in [0.2, 0.25) is 0 Å². The molecule has 0 radical (unpaired) electrons. The van der Waals surface area contributed by atoms with E-state index in [1.54, 1.807) is 55.4 Å². The standard InChI is InChI=1S/C24H40N2O8S2/c1-11-33-21(27)19(25-35(29)23(3,4)5)15-13-16(18(32-10)14-17(15)31-9)20(22(28)34-12-2)26-36(30)24(6,7)8/h13-14,19-20,25-26H,11-12H2,1-10H3/t19-,20-,35-,36-/m1/s1. The van der Waals surface area contributed by atoms with Crippen LogP contribution in [0.4, 0.5) is 0 Å². The van der Waals surface area contributed by atoms with E-state index in [9.17, 15) is 18.0 Å². The van der Waals surface area contributed by atoms with Crippen LogP contribution in [-0.4, -0.2) is 57.3 Å². The molecule has 0 saturated heterocycles. The molecule has 36 heavy (non-hydrogen) atoms. The predicted octanol–water partition coefficient (Wildman–Crippen LogP) is 3.02. The number of esters is 2. The average molecular weight is 549 g/mol. The molecule has 0 aromatic heterocycles. The summed E-state index contributed by atoms with van der Waals surface area (Å²) in [5.74, 6) is -0.870. The summed E-state index contributed by atoms with van der Waals surface area (Å²) in [5.41, 5.74) is 0.531. The van der Waals surface area contributed by atoms with Gasteiger partial charge in [0.2, 0.25) is 0 Å². The zero-order chi connectivity index (χ0) is 27.8. The summed E-state index contributed by atoms with van der Waals surface area (Å²) in [7, 11) is -0.479. The molecule has 0 spiro atoms. The Labute approximate surface area is 219 Å². The first kappa shape index (κ1) is 32.0. The van der Waals surface area contributed by atoms with Crippen LogP contribution in [0.15, 0.2) is 12.1 Å². The summed E-state index contributed by atoms with van der Waals surface area (Å²) in [6, 6.07) is 0.633. The van der Waals surface area contributed by atoms with E-state index in [2.05, 4.69) is 9.44 Å². The Morgan fingerprint density at radius 1 is 0.750 bits per heavy atom. The number of hydrogen-bond donors (Lipinski definition) is 2. The molecule has 0 unspecified atom stereocenters. The Balaban J connectivity index is 3.83. The summed E-state index contributed by atoms with van der Waals surface area (Å²) in [6.45, 7) is 14.1. The molecule has 2 N–H and O–H groups in total. The monoisotopic (exact) mass is 548 g/mol. The minimum atomic E-state index is -1.65. The van der Waals surface area contributed by atoms with Crippen molar-refractivity contribution in [1.82, 2.24) is 9.44 Å². The number of ether oxygens (including phenoxy) is 4. The lowest BCUT2D eigenvalue weighted by molar-refractivity contribution is -0.146. The van der Waals surface area contributed by atoms with Gasteiger partial charge in [0.05, 0.1) is 58.9 Å². The van der Waals surface area contributed by atoms with Gasteiger partial charge < -0.3 is 18.9 Å². The Morgan fingerprint density at radius 2 is 1.08 bits per heavy atom. The van der Waals surface area contributed by atoms with Gasteiger partial charge in [-0.3, -0.25) is 0 Å². The third kappa shape index (κ3) is 8.53. The minimum Gasteiger partial charge on any atom is -0.496 e. The first-order valence-electron chi connectivity index (χ1n) is 11.6. The Morgan fingerprint density at radius 3 is 1.33 bits per heavy atom. The fraction of sp³-hybridized carbons (Fsp3) is 0.667. The van der Waals surface area contributed by atoms with Crippen molar-refractivity contribution in [2.75, 3.05) is 27.4 Å². The van der Waals surface area contributed by atoms with E-state index < -0.39 is 55.5 Å². The number of rotatable bonds is 12. The molecule has 0 aliphatic carbocycles.